The van der Waals surface area contributed by atoms with Crippen LogP contribution < -0.4 is 0 Å². The molecule has 12 heavy (non-hydrogen) atoms. The van der Waals surface area contributed by atoms with Crippen molar-refractivity contribution < 1.29 is 4.42 Å². The summed E-state index contributed by atoms with van der Waals surface area (Å²) in [6, 6.07) is 0. The molecule has 0 aromatic carbocycles. The molecule has 0 fully saturated rings. The second-order valence-electron chi connectivity index (χ2n) is 3.54. The van der Waals surface area contributed by atoms with Crippen molar-refractivity contribution in [2.75, 3.05) is 0 Å². The first-order valence-corrected chi connectivity index (χ1v) is 4.43. The SMILES string of the molecule is CC.Cc1coc(C(C)(C)C)n1. The summed E-state index contributed by atoms with van der Waals surface area (Å²) >= 11 is 0. The van der Waals surface area contributed by atoms with Gasteiger partial charge in [-0.3, -0.25) is 0 Å². The normalized spacial score (nSPS) is 10.5. The van der Waals surface area contributed by atoms with Gasteiger partial charge < -0.3 is 4.42 Å². The van der Waals surface area contributed by atoms with Crippen LogP contribution in [0.2, 0.25) is 0 Å². The van der Waals surface area contributed by atoms with E-state index in [0.717, 1.165) is 11.6 Å². The fourth-order valence-corrected chi connectivity index (χ4v) is 0.698. The van der Waals surface area contributed by atoms with E-state index in [4.69, 9.17) is 4.42 Å². The van der Waals surface area contributed by atoms with Crippen LogP contribution in [0, 0.1) is 6.92 Å². The number of hydrogen-bond donors (Lipinski definition) is 0. The summed E-state index contributed by atoms with van der Waals surface area (Å²) in [7, 11) is 0. The molecule has 2 heteroatoms. The van der Waals surface area contributed by atoms with Crippen molar-refractivity contribution in [3.05, 3.63) is 17.8 Å². The van der Waals surface area contributed by atoms with Gasteiger partial charge in [-0.25, -0.2) is 4.98 Å². The highest BCUT2D eigenvalue weighted by Crippen LogP contribution is 2.20. The van der Waals surface area contributed by atoms with Gasteiger partial charge in [0.15, 0.2) is 5.89 Å². The first-order valence-electron chi connectivity index (χ1n) is 4.43. The van der Waals surface area contributed by atoms with Crippen LogP contribution in [0.1, 0.15) is 46.2 Å². The quantitative estimate of drug-likeness (QED) is 0.595. The minimum absolute atomic E-state index is 0.0360. The highest BCUT2D eigenvalue weighted by atomic mass is 16.3. The number of rotatable bonds is 0. The predicted molar refractivity (Wildman–Crippen MR) is 51.3 cm³/mol. The molecular weight excluding hydrogens is 150 g/mol. The highest BCUT2D eigenvalue weighted by molar-refractivity contribution is 5.01. The zero-order valence-corrected chi connectivity index (χ0v) is 8.93. The van der Waals surface area contributed by atoms with Gasteiger partial charge >= 0.3 is 0 Å². The number of aromatic nitrogens is 1. The smallest absolute Gasteiger partial charge is 0.199 e. The lowest BCUT2D eigenvalue weighted by atomic mass is 9.97. The minimum Gasteiger partial charge on any atom is -0.448 e. The molecule has 0 bridgehead atoms. The Morgan fingerprint density at radius 2 is 1.75 bits per heavy atom. The van der Waals surface area contributed by atoms with Crippen molar-refractivity contribution in [3.8, 4) is 0 Å². The fourth-order valence-electron chi connectivity index (χ4n) is 0.698. The molecule has 0 saturated carbocycles. The lowest BCUT2D eigenvalue weighted by Gasteiger charge is -2.11. The molecule has 0 amide bonds. The van der Waals surface area contributed by atoms with Crippen LogP contribution >= 0.6 is 0 Å². The van der Waals surface area contributed by atoms with E-state index in [1.54, 1.807) is 6.26 Å². The van der Waals surface area contributed by atoms with Gasteiger partial charge in [0.1, 0.15) is 6.26 Å². The van der Waals surface area contributed by atoms with Crippen molar-refractivity contribution in [1.29, 1.82) is 0 Å². The Hall–Kier alpha value is -0.790. The van der Waals surface area contributed by atoms with Crippen molar-refractivity contribution >= 4 is 0 Å². The molecule has 0 saturated heterocycles. The van der Waals surface area contributed by atoms with Crippen molar-refractivity contribution in [1.82, 2.24) is 4.98 Å². The number of nitrogens with zero attached hydrogens (tertiary/aromatic N) is 1. The van der Waals surface area contributed by atoms with Crippen LogP contribution in [0.15, 0.2) is 10.7 Å². The number of hydrogen-bond acceptors (Lipinski definition) is 2. The van der Waals surface area contributed by atoms with E-state index < -0.39 is 0 Å². The molecular formula is C10H19NO. The van der Waals surface area contributed by atoms with Crippen molar-refractivity contribution in [3.63, 3.8) is 0 Å². The van der Waals surface area contributed by atoms with E-state index in [1.165, 1.54) is 0 Å². The van der Waals surface area contributed by atoms with Gasteiger partial charge in [0.2, 0.25) is 0 Å². The lowest BCUT2D eigenvalue weighted by Crippen LogP contribution is -2.11. The third-order valence-corrected chi connectivity index (χ3v) is 1.26. The van der Waals surface area contributed by atoms with Gasteiger partial charge in [0.05, 0.1) is 5.69 Å². The molecule has 1 aromatic rings. The van der Waals surface area contributed by atoms with E-state index >= 15 is 0 Å². The number of oxazole rings is 1. The van der Waals surface area contributed by atoms with Gasteiger partial charge in [-0.2, -0.15) is 0 Å². The summed E-state index contributed by atoms with van der Waals surface area (Å²) in [6.45, 7) is 12.2. The molecule has 0 spiro atoms. The summed E-state index contributed by atoms with van der Waals surface area (Å²) in [4.78, 5) is 4.22. The van der Waals surface area contributed by atoms with E-state index in [2.05, 4.69) is 25.8 Å². The first kappa shape index (κ1) is 11.2. The summed E-state index contributed by atoms with van der Waals surface area (Å²) in [6.07, 6.45) is 1.68. The molecule has 1 aromatic heterocycles. The fraction of sp³-hybridized carbons (Fsp3) is 0.700. The second-order valence-corrected chi connectivity index (χ2v) is 3.54. The largest absolute Gasteiger partial charge is 0.448 e. The third kappa shape index (κ3) is 3.07. The maximum atomic E-state index is 5.22. The van der Waals surface area contributed by atoms with Crippen LogP contribution in [-0.4, -0.2) is 4.98 Å². The van der Waals surface area contributed by atoms with Crippen LogP contribution in [0.4, 0.5) is 0 Å². The maximum Gasteiger partial charge on any atom is 0.199 e. The lowest BCUT2D eigenvalue weighted by molar-refractivity contribution is 0.392. The molecule has 1 rings (SSSR count). The third-order valence-electron chi connectivity index (χ3n) is 1.26. The minimum atomic E-state index is 0.0360. The van der Waals surface area contributed by atoms with Gasteiger partial charge in [-0.1, -0.05) is 34.6 Å². The Bertz CT molecular complexity index is 220. The summed E-state index contributed by atoms with van der Waals surface area (Å²) in [5, 5.41) is 0. The summed E-state index contributed by atoms with van der Waals surface area (Å²) in [5.41, 5.74) is 0.985. The summed E-state index contributed by atoms with van der Waals surface area (Å²) in [5.74, 6) is 0.810. The van der Waals surface area contributed by atoms with E-state index in [1.807, 2.05) is 20.8 Å². The van der Waals surface area contributed by atoms with Gasteiger partial charge in [0.25, 0.3) is 0 Å². The van der Waals surface area contributed by atoms with Gasteiger partial charge in [0, 0.05) is 5.41 Å². The van der Waals surface area contributed by atoms with Crippen LogP contribution in [0.5, 0.6) is 0 Å². The van der Waals surface area contributed by atoms with Crippen LogP contribution in [0.3, 0.4) is 0 Å². The standard InChI is InChI=1S/C8H13NO.C2H6/c1-6-5-10-7(9-6)8(2,3)4;1-2/h5H,1-4H3;1-2H3. The van der Waals surface area contributed by atoms with Gasteiger partial charge in [-0.05, 0) is 6.92 Å². The second kappa shape index (κ2) is 4.29. The summed E-state index contributed by atoms with van der Waals surface area (Å²) < 4.78 is 5.22. The van der Waals surface area contributed by atoms with Crippen LogP contribution in [-0.2, 0) is 5.41 Å². The molecule has 0 radical (unpaired) electrons. The Balaban J connectivity index is 0.000000561. The van der Waals surface area contributed by atoms with E-state index in [-0.39, 0.29) is 5.41 Å². The predicted octanol–water partition coefficient (Wildman–Crippen LogP) is 3.31. The molecule has 70 valence electrons. The Morgan fingerprint density at radius 3 is 1.92 bits per heavy atom. The Morgan fingerprint density at radius 1 is 1.25 bits per heavy atom. The Labute approximate surface area is 75.0 Å². The average Bonchev–Trinajstić information content (AvgIpc) is 2.39. The Kier molecular flexibility index (Phi) is 4.01. The van der Waals surface area contributed by atoms with Crippen LogP contribution in [0.25, 0.3) is 0 Å². The average molecular weight is 169 g/mol. The number of aryl methyl sites for hydroxylation is 1. The van der Waals surface area contributed by atoms with E-state index in [9.17, 15) is 0 Å². The van der Waals surface area contributed by atoms with Crippen molar-refractivity contribution in [2.24, 2.45) is 0 Å². The first-order chi connectivity index (χ1) is 5.50. The molecule has 1 heterocycles. The topological polar surface area (TPSA) is 26.0 Å². The molecule has 0 atom stereocenters. The van der Waals surface area contributed by atoms with Crippen molar-refractivity contribution in [2.45, 2.75) is 47.0 Å². The molecule has 0 aliphatic carbocycles. The maximum absolute atomic E-state index is 5.22. The molecule has 0 unspecified atom stereocenters. The van der Waals surface area contributed by atoms with E-state index in [0.29, 0.717) is 0 Å². The molecule has 2 nitrogen and oxygen atoms in total. The van der Waals surface area contributed by atoms with Gasteiger partial charge in [-0.15, -0.1) is 0 Å². The molecule has 0 aliphatic rings. The zero-order chi connectivity index (χ0) is 9.78. The molecule has 0 aliphatic heterocycles. The zero-order valence-electron chi connectivity index (χ0n) is 8.93. The highest BCUT2D eigenvalue weighted by Gasteiger charge is 2.18. The monoisotopic (exact) mass is 169 g/mol. The molecule has 0 N–H and O–H groups in total.